The van der Waals surface area contributed by atoms with Gasteiger partial charge in [-0.1, -0.05) is 62.4 Å². The molecule has 0 unspecified atom stereocenters. The van der Waals surface area contributed by atoms with E-state index in [4.69, 9.17) is 9.84 Å². The first-order valence-corrected chi connectivity index (χ1v) is 7.01. The van der Waals surface area contributed by atoms with E-state index in [1.807, 2.05) is 39.0 Å². The van der Waals surface area contributed by atoms with Crippen molar-refractivity contribution in [3.63, 3.8) is 0 Å². The molecule has 2 heteroatoms. The molecule has 0 aromatic heterocycles. The summed E-state index contributed by atoms with van der Waals surface area (Å²) in [5.74, 6) is 0.551. The molecular weight excluding hydrogens is 248 g/mol. The van der Waals surface area contributed by atoms with Crippen LogP contribution in [0.2, 0.25) is 0 Å². The highest BCUT2D eigenvalue weighted by Gasteiger charge is 1.96. The molecule has 0 aliphatic carbocycles. The molecule has 0 heterocycles. The van der Waals surface area contributed by atoms with Crippen LogP contribution in [0.15, 0.2) is 54.8 Å². The Bertz CT molecular complexity index is 439. The van der Waals surface area contributed by atoms with Crippen molar-refractivity contribution in [1.82, 2.24) is 0 Å². The van der Waals surface area contributed by atoms with Gasteiger partial charge in [0.25, 0.3) is 0 Å². The van der Waals surface area contributed by atoms with E-state index in [2.05, 4.69) is 37.8 Å². The van der Waals surface area contributed by atoms with Crippen LogP contribution >= 0.6 is 0 Å². The van der Waals surface area contributed by atoms with Gasteiger partial charge in [0, 0.05) is 0 Å². The lowest BCUT2D eigenvalue weighted by molar-refractivity contribution is 0.153. The number of aliphatic hydroxyl groups is 1. The lowest BCUT2D eigenvalue weighted by atomic mass is 10.0. The fourth-order valence-corrected chi connectivity index (χ4v) is 1.51. The van der Waals surface area contributed by atoms with Crippen molar-refractivity contribution in [1.29, 1.82) is 0 Å². The van der Waals surface area contributed by atoms with Crippen molar-refractivity contribution in [2.45, 2.75) is 27.7 Å². The van der Waals surface area contributed by atoms with Crippen molar-refractivity contribution in [2.75, 3.05) is 13.2 Å². The van der Waals surface area contributed by atoms with Crippen LogP contribution < -0.4 is 0 Å². The van der Waals surface area contributed by atoms with Gasteiger partial charge in [0.2, 0.25) is 0 Å². The summed E-state index contributed by atoms with van der Waals surface area (Å²) in [6.45, 7) is 12.1. The van der Waals surface area contributed by atoms with Gasteiger partial charge in [0.05, 0.1) is 6.61 Å². The molecule has 110 valence electrons. The predicted octanol–water partition coefficient (Wildman–Crippen LogP) is 4.50. The molecule has 0 radical (unpaired) electrons. The summed E-state index contributed by atoms with van der Waals surface area (Å²) in [5, 5.41) is 8.64. The minimum absolute atomic E-state index is 0.00129. The number of allylic oxidation sites excluding steroid dienone is 4. The van der Waals surface area contributed by atoms with Crippen molar-refractivity contribution < 1.29 is 9.84 Å². The average molecular weight is 274 g/mol. The van der Waals surface area contributed by atoms with Crippen molar-refractivity contribution in [2.24, 2.45) is 0 Å². The van der Waals surface area contributed by atoms with Gasteiger partial charge in [-0.25, -0.2) is 0 Å². The second-order valence-corrected chi connectivity index (χ2v) is 3.98. The summed E-state index contributed by atoms with van der Waals surface area (Å²) in [4.78, 5) is 0. The monoisotopic (exact) mass is 274 g/mol. The fraction of sp³-hybridized carbons (Fsp3) is 0.333. The first-order valence-electron chi connectivity index (χ1n) is 7.01. The second-order valence-electron chi connectivity index (χ2n) is 3.98. The number of aryl methyl sites for hydroxylation is 1. The predicted molar refractivity (Wildman–Crippen MR) is 87.5 cm³/mol. The number of ether oxygens (including phenoxy) is 1. The quantitative estimate of drug-likeness (QED) is 0.611. The third kappa shape index (κ3) is 6.95. The number of hydrogen-bond donors (Lipinski definition) is 1. The smallest absolute Gasteiger partial charge is 0.112 e. The minimum Gasteiger partial charge on any atom is -0.492 e. The molecule has 0 aliphatic heterocycles. The Balaban J connectivity index is 0.00000172. The zero-order valence-corrected chi connectivity index (χ0v) is 13.0. The molecule has 0 bridgehead atoms. The van der Waals surface area contributed by atoms with Crippen molar-refractivity contribution >= 4 is 5.57 Å². The highest BCUT2D eigenvalue weighted by molar-refractivity contribution is 5.74. The summed E-state index contributed by atoms with van der Waals surface area (Å²) in [6.07, 6.45) is 5.82. The van der Waals surface area contributed by atoms with Crippen LogP contribution in [0, 0.1) is 6.92 Å². The summed E-state index contributed by atoms with van der Waals surface area (Å²) >= 11 is 0. The van der Waals surface area contributed by atoms with Crippen LogP contribution in [0.3, 0.4) is 0 Å². The number of rotatable bonds is 6. The van der Waals surface area contributed by atoms with E-state index < -0.39 is 0 Å². The Kier molecular flexibility index (Phi) is 10.1. The van der Waals surface area contributed by atoms with Crippen LogP contribution in [0.4, 0.5) is 0 Å². The molecule has 2 nitrogen and oxygen atoms in total. The van der Waals surface area contributed by atoms with Gasteiger partial charge in [-0.2, -0.15) is 0 Å². The summed E-state index contributed by atoms with van der Waals surface area (Å²) in [7, 11) is 0. The normalized spacial score (nSPS) is 10.9. The zero-order chi connectivity index (χ0) is 15.4. The zero-order valence-electron chi connectivity index (χ0n) is 13.0. The lowest BCUT2D eigenvalue weighted by Crippen LogP contribution is -1.96. The fourth-order valence-electron chi connectivity index (χ4n) is 1.51. The van der Waals surface area contributed by atoms with E-state index in [9.17, 15) is 0 Å². The number of hydrogen-bond acceptors (Lipinski definition) is 2. The third-order valence-electron chi connectivity index (χ3n) is 2.52. The molecule has 1 N–H and O–H groups in total. The van der Waals surface area contributed by atoms with E-state index >= 15 is 0 Å². The Morgan fingerprint density at radius 3 is 2.30 bits per heavy atom. The molecule has 0 spiro atoms. The Morgan fingerprint density at radius 2 is 1.80 bits per heavy atom. The summed E-state index contributed by atoms with van der Waals surface area (Å²) < 4.78 is 5.18. The van der Waals surface area contributed by atoms with Crippen LogP contribution in [0.5, 0.6) is 0 Å². The largest absolute Gasteiger partial charge is 0.492 e. The van der Waals surface area contributed by atoms with Gasteiger partial charge >= 0.3 is 0 Å². The topological polar surface area (TPSA) is 29.5 Å². The highest BCUT2D eigenvalue weighted by atomic mass is 16.5. The van der Waals surface area contributed by atoms with E-state index in [1.54, 1.807) is 0 Å². The van der Waals surface area contributed by atoms with Crippen molar-refractivity contribution in [3.05, 3.63) is 66.0 Å². The Hall–Kier alpha value is -1.80. The maximum Gasteiger partial charge on any atom is 0.112 e. The Morgan fingerprint density at radius 1 is 1.20 bits per heavy atom. The van der Waals surface area contributed by atoms with E-state index in [-0.39, 0.29) is 13.2 Å². The Labute approximate surface area is 123 Å². The molecular formula is C18H26O2. The second kappa shape index (κ2) is 11.1. The number of benzene rings is 1. The van der Waals surface area contributed by atoms with Crippen LogP contribution in [0.25, 0.3) is 5.57 Å². The van der Waals surface area contributed by atoms with Gasteiger partial charge < -0.3 is 9.84 Å². The van der Waals surface area contributed by atoms with Crippen LogP contribution in [-0.4, -0.2) is 18.3 Å². The first-order chi connectivity index (χ1) is 9.67. The van der Waals surface area contributed by atoms with E-state index in [0.29, 0.717) is 5.76 Å². The SMILES string of the molecule is C=C(/C=C\C(=C/C)c1ccc(C)cc1)OCCO.CC. The average Bonchev–Trinajstić information content (AvgIpc) is 2.49. The number of aliphatic hydroxyl groups excluding tert-OH is 1. The standard InChI is InChI=1S/C16H20O2.C2H6/c1-4-15(10-7-14(3)18-12-11-17)16-8-5-13(2)6-9-16;1-2/h4-10,17H,3,11-12H2,1-2H3;1-2H3/b10-7-,15-4+;. The minimum atomic E-state index is 0.00129. The first kappa shape index (κ1) is 18.2. The molecule has 0 fully saturated rings. The van der Waals surface area contributed by atoms with E-state index in [1.165, 1.54) is 5.56 Å². The molecule has 0 saturated carbocycles. The highest BCUT2D eigenvalue weighted by Crippen LogP contribution is 2.17. The van der Waals surface area contributed by atoms with Crippen LogP contribution in [-0.2, 0) is 4.74 Å². The van der Waals surface area contributed by atoms with Crippen molar-refractivity contribution in [3.8, 4) is 0 Å². The summed E-state index contributed by atoms with van der Waals surface area (Å²) in [6, 6.07) is 8.35. The molecule has 1 aromatic rings. The maximum absolute atomic E-state index is 8.64. The molecule has 0 aliphatic rings. The maximum atomic E-state index is 8.64. The summed E-state index contributed by atoms with van der Waals surface area (Å²) in [5.41, 5.74) is 3.52. The third-order valence-corrected chi connectivity index (χ3v) is 2.52. The molecule has 0 amide bonds. The van der Waals surface area contributed by atoms with Gasteiger partial charge in [-0.15, -0.1) is 0 Å². The van der Waals surface area contributed by atoms with Gasteiger partial charge in [0.15, 0.2) is 0 Å². The van der Waals surface area contributed by atoms with E-state index in [0.717, 1.165) is 11.1 Å². The van der Waals surface area contributed by atoms with Crippen LogP contribution in [0.1, 0.15) is 31.9 Å². The van der Waals surface area contributed by atoms with Gasteiger partial charge in [-0.05, 0) is 31.1 Å². The molecule has 1 rings (SSSR count). The van der Waals surface area contributed by atoms with Gasteiger partial charge in [-0.3, -0.25) is 0 Å². The lowest BCUT2D eigenvalue weighted by Gasteiger charge is -2.05. The molecule has 1 aromatic carbocycles. The van der Waals surface area contributed by atoms with Gasteiger partial charge in [0.1, 0.15) is 12.4 Å². The molecule has 0 saturated heterocycles. The molecule has 0 atom stereocenters. The molecule has 20 heavy (non-hydrogen) atoms.